The molecule has 1 aromatic heterocycles. The predicted molar refractivity (Wildman–Crippen MR) is 87.9 cm³/mol. The van der Waals surface area contributed by atoms with Crippen LogP contribution >= 0.6 is 0 Å². The number of aromatic nitrogens is 2. The lowest BCUT2D eigenvalue weighted by Gasteiger charge is -2.14. The minimum Gasteiger partial charge on any atom is -0.497 e. The van der Waals surface area contributed by atoms with Gasteiger partial charge in [-0.3, -0.25) is 4.79 Å². The average Bonchev–Trinajstić information content (AvgIpc) is 3.04. The number of methoxy groups -OCH3 is 1. The van der Waals surface area contributed by atoms with Crippen LogP contribution in [0.25, 0.3) is 5.69 Å². The van der Waals surface area contributed by atoms with Crippen molar-refractivity contribution < 1.29 is 14.6 Å². The van der Waals surface area contributed by atoms with Gasteiger partial charge in [0.25, 0.3) is 5.91 Å². The zero-order valence-corrected chi connectivity index (χ0v) is 13.7. The predicted octanol–water partition coefficient (Wildman–Crippen LogP) is 2.02. The SMILES string of the molecule is COc1ccc(-n2ccc(C(=O)NCCC(O)C(C)C)n2)cc1. The van der Waals surface area contributed by atoms with Gasteiger partial charge in [0.1, 0.15) is 5.75 Å². The Morgan fingerprint density at radius 1 is 1.30 bits per heavy atom. The van der Waals surface area contributed by atoms with Gasteiger partial charge in [-0.1, -0.05) is 13.8 Å². The van der Waals surface area contributed by atoms with E-state index in [0.29, 0.717) is 18.7 Å². The maximum Gasteiger partial charge on any atom is 0.271 e. The van der Waals surface area contributed by atoms with Crippen LogP contribution in [0.4, 0.5) is 0 Å². The van der Waals surface area contributed by atoms with Crippen molar-refractivity contribution in [3.05, 3.63) is 42.2 Å². The third kappa shape index (κ3) is 4.56. The zero-order valence-electron chi connectivity index (χ0n) is 13.7. The Morgan fingerprint density at radius 2 is 2.00 bits per heavy atom. The number of nitrogens with zero attached hydrogens (tertiary/aromatic N) is 2. The first-order valence-electron chi connectivity index (χ1n) is 7.67. The number of nitrogens with one attached hydrogen (secondary N) is 1. The first-order valence-corrected chi connectivity index (χ1v) is 7.67. The van der Waals surface area contributed by atoms with E-state index in [-0.39, 0.29) is 11.8 Å². The Hall–Kier alpha value is -2.34. The molecule has 0 fully saturated rings. The van der Waals surface area contributed by atoms with Crippen LogP contribution in [0, 0.1) is 5.92 Å². The summed E-state index contributed by atoms with van der Waals surface area (Å²) in [5.74, 6) is 0.706. The first-order chi connectivity index (χ1) is 11.0. The average molecular weight is 317 g/mol. The number of rotatable bonds is 7. The lowest BCUT2D eigenvalue weighted by Crippen LogP contribution is -2.29. The van der Waals surface area contributed by atoms with Crippen molar-refractivity contribution in [3.8, 4) is 11.4 Å². The largest absolute Gasteiger partial charge is 0.497 e. The van der Waals surface area contributed by atoms with Crippen LogP contribution in [0.2, 0.25) is 0 Å². The lowest BCUT2D eigenvalue weighted by molar-refractivity contribution is 0.0915. The molecule has 0 radical (unpaired) electrons. The molecule has 2 N–H and O–H groups in total. The number of ether oxygens (including phenoxy) is 1. The highest BCUT2D eigenvalue weighted by Crippen LogP contribution is 2.14. The molecule has 1 amide bonds. The quantitative estimate of drug-likeness (QED) is 0.819. The molecular weight excluding hydrogens is 294 g/mol. The van der Waals surface area contributed by atoms with Gasteiger partial charge in [0, 0.05) is 12.7 Å². The van der Waals surface area contributed by atoms with Gasteiger partial charge in [0.15, 0.2) is 5.69 Å². The molecule has 0 aliphatic carbocycles. The Bertz CT molecular complexity index is 635. The molecule has 2 rings (SSSR count). The molecule has 1 heterocycles. The van der Waals surface area contributed by atoms with Crippen molar-refractivity contribution in [2.45, 2.75) is 26.4 Å². The number of aliphatic hydroxyl groups is 1. The van der Waals surface area contributed by atoms with E-state index in [0.717, 1.165) is 11.4 Å². The topological polar surface area (TPSA) is 76.4 Å². The van der Waals surface area contributed by atoms with E-state index < -0.39 is 6.10 Å². The zero-order chi connectivity index (χ0) is 16.8. The van der Waals surface area contributed by atoms with E-state index in [4.69, 9.17) is 4.74 Å². The van der Waals surface area contributed by atoms with Crippen molar-refractivity contribution in [1.29, 1.82) is 0 Å². The molecule has 0 saturated carbocycles. The maximum absolute atomic E-state index is 12.1. The van der Waals surface area contributed by atoms with E-state index in [1.165, 1.54) is 0 Å². The highest BCUT2D eigenvalue weighted by molar-refractivity contribution is 5.92. The molecule has 0 saturated heterocycles. The maximum atomic E-state index is 12.1. The lowest BCUT2D eigenvalue weighted by atomic mass is 10.0. The van der Waals surface area contributed by atoms with Crippen molar-refractivity contribution >= 4 is 5.91 Å². The molecule has 23 heavy (non-hydrogen) atoms. The second kappa shape index (κ2) is 7.78. The van der Waals surface area contributed by atoms with Gasteiger partial charge >= 0.3 is 0 Å². The number of amides is 1. The first kappa shape index (κ1) is 17.0. The van der Waals surface area contributed by atoms with Crippen LogP contribution < -0.4 is 10.1 Å². The molecule has 6 heteroatoms. The third-order valence-electron chi connectivity index (χ3n) is 3.65. The summed E-state index contributed by atoms with van der Waals surface area (Å²) in [7, 11) is 1.61. The number of hydrogen-bond donors (Lipinski definition) is 2. The molecule has 0 bridgehead atoms. The van der Waals surface area contributed by atoms with Gasteiger partial charge in [-0.25, -0.2) is 4.68 Å². The van der Waals surface area contributed by atoms with Gasteiger partial charge in [0.2, 0.25) is 0 Å². The minimum atomic E-state index is -0.410. The smallest absolute Gasteiger partial charge is 0.271 e. The summed E-state index contributed by atoms with van der Waals surface area (Å²) >= 11 is 0. The second-order valence-corrected chi connectivity index (χ2v) is 5.70. The fourth-order valence-electron chi connectivity index (χ4n) is 2.08. The number of aliphatic hydroxyl groups excluding tert-OH is 1. The van der Waals surface area contributed by atoms with Crippen LogP contribution in [0.5, 0.6) is 5.75 Å². The van der Waals surface area contributed by atoms with E-state index in [1.807, 2.05) is 38.1 Å². The van der Waals surface area contributed by atoms with Crippen LogP contribution in [0.1, 0.15) is 30.8 Å². The summed E-state index contributed by atoms with van der Waals surface area (Å²) in [5, 5.41) is 16.8. The van der Waals surface area contributed by atoms with Crippen LogP contribution in [0.3, 0.4) is 0 Å². The normalized spacial score (nSPS) is 12.2. The number of benzene rings is 1. The minimum absolute atomic E-state index is 0.182. The summed E-state index contributed by atoms with van der Waals surface area (Å²) in [5.41, 5.74) is 1.19. The van der Waals surface area contributed by atoms with E-state index in [9.17, 15) is 9.90 Å². The van der Waals surface area contributed by atoms with E-state index in [1.54, 1.807) is 24.1 Å². The van der Waals surface area contributed by atoms with Gasteiger partial charge in [-0.15, -0.1) is 0 Å². The molecule has 0 spiro atoms. The Balaban J connectivity index is 1.94. The van der Waals surface area contributed by atoms with Crippen molar-refractivity contribution in [2.75, 3.05) is 13.7 Å². The van der Waals surface area contributed by atoms with E-state index >= 15 is 0 Å². The number of carbonyl (C=O) groups excluding carboxylic acids is 1. The molecule has 1 atom stereocenters. The van der Waals surface area contributed by atoms with Gasteiger partial charge < -0.3 is 15.2 Å². The van der Waals surface area contributed by atoms with Crippen LogP contribution in [-0.2, 0) is 0 Å². The molecule has 2 aromatic rings. The van der Waals surface area contributed by atoms with Crippen molar-refractivity contribution in [1.82, 2.24) is 15.1 Å². The molecule has 6 nitrogen and oxygen atoms in total. The van der Waals surface area contributed by atoms with Gasteiger partial charge in [0.05, 0.1) is 18.9 Å². The fraction of sp³-hybridized carbons (Fsp3) is 0.412. The molecule has 1 unspecified atom stereocenters. The Labute approximate surface area is 136 Å². The van der Waals surface area contributed by atoms with E-state index in [2.05, 4.69) is 10.4 Å². The Kier molecular flexibility index (Phi) is 5.76. The highest BCUT2D eigenvalue weighted by Gasteiger charge is 2.12. The molecular formula is C17H23N3O3. The van der Waals surface area contributed by atoms with Crippen LogP contribution in [-0.4, -0.2) is 40.6 Å². The van der Waals surface area contributed by atoms with Gasteiger partial charge in [-0.05, 0) is 42.7 Å². The molecule has 0 aliphatic rings. The summed E-state index contributed by atoms with van der Waals surface area (Å²) in [6.07, 6.45) is 1.86. The van der Waals surface area contributed by atoms with Crippen molar-refractivity contribution in [2.24, 2.45) is 5.92 Å². The molecule has 1 aromatic carbocycles. The third-order valence-corrected chi connectivity index (χ3v) is 3.65. The standard InChI is InChI=1S/C17H23N3O3/c1-12(2)16(21)8-10-18-17(22)15-9-11-20(19-15)13-4-6-14(23-3)7-5-13/h4-7,9,11-12,16,21H,8,10H2,1-3H3,(H,18,22). The number of carbonyl (C=O) groups is 1. The van der Waals surface area contributed by atoms with Crippen LogP contribution in [0.15, 0.2) is 36.5 Å². The molecule has 124 valence electrons. The van der Waals surface area contributed by atoms with Gasteiger partial charge in [-0.2, -0.15) is 5.10 Å². The Morgan fingerprint density at radius 3 is 2.61 bits per heavy atom. The monoisotopic (exact) mass is 317 g/mol. The number of hydrogen-bond acceptors (Lipinski definition) is 4. The summed E-state index contributed by atoms with van der Waals surface area (Å²) in [4.78, 5) is 12.1. The molecule has 0 aliphatic heterocycles. The highest BCUT2D eigenvalue weighted by atomic mass is 16.5. The summed E-state index contributed by atoms with van der Waals surface area (Å²) in [6.45, 7) is 4.32. The fourth-order valence-corrected chi connectivity index (χ4v) is 2.08. The second-order valence-electron chi connectivity index (χ2n) is 5.70. The summed E-state index contributed by atoms with van der Waals surface area (Å²) < 4.78 is 6.75. The summed E-state index contributed by atoms with van der Waals surface area (Å²) in [6, 6.07) is 9.07. The van der Waals surface area contributed by atoms with Crippen molar-refractivity contribution in [3.63, 3.8) is 0 Å².